The summed E-state index contributed by atoms with van der Waals surface area (Å²) < 4.78 is 15.9. The van der Waals surface area contributed by atoms with Crippen molar-refractivity contribution in [3.8, 4) is 17.2 Å². The number of rotatable bonds is 9. The molecule has 0 fully saturated rings. The quantitative estimate of drug-likeness (QED) is 0.208. The van der Waals surface area contributed by atoms with Crippen molar-refractivity contribution in [1.82, 2.24) is 0 Å². The van der Waals surface area contributed by atoms with E-state index in [2.05, 4.69) is 93.6 Å². The van der Waals surface area contributed by atoms with Gasteiger partial charge in [0.15, 0.2) is 0 Å². The topological polar surface area (TPSA) is 27.7 Å². The Hall–Kier alpha value is -4.50. The highest BCUT2D eigenvalue weighted by Gasteiger charge is 2.13. The van der Waals surface area contributed by atoms with Crippen LogP contribution >= 0.6 is 0 Å². The van der Waals surface area contributed by atoms with Gasteiger partial charge in [0.1, 0.15) is 17.2 Å². The molecule has 198 valence electrons. The summed E-state index contributed by atoms with van der Waals surface area (Å²) in [6.45, 7) is 6.62. The molecule has 0 N–H and O–H groups in total. The Morgan fingerprint density at radius 1 is 0.359 bits per heavy atom. The SMILES string of the molecule is COc1ccc(/C=C/c2c(C)c(/C=C/c3ccc(OC)cc3)c(C)c(/C=C/c3ccc(OC)cc3)c2C)cc1. The molecule has 0 saturated heterocycles. The molecular formula is C36H36O3. The van der Waals surface area contributed by atoms with E-state index < -0.39 is 0 Å². The molecule has 0 heterocycles. The number of methoxy groups -OCH3 is 3. The highest BCUT2D eigenvalue weighted by molar-refractivity contribution is 5.85. The largest absolute Gasteiger partial charge is 0.497 e. The van der Waals surface area contributed by atoms with E-state index in [1.807, 2.05) is 36.4 Å². The zero-order valence-corrected chi connectivity index (χ0v) is 23.6. The van der Waals surface area contributed by atoms with Crippen LogP contribution in [0.1, 0.15) is 50.1 Å². The standard InChI is InChI=1S/C36H36O3/c1-25-34(22-13-28-7-16-31(37-4)17-8-28)26(2)36(24-15-30-11-20-33(39-6)21-12-30)27(3)35(25)23-14-29-9-18-32(38-5)19-10-29/h7-24H,1-6H3/b22-13+,23-14+,24-15+. The fraction of sp³-hybridized carbons (Fsp3) is 0.167. The molecule has 0 radical (unpaired) electrons. The Labute approximate surface area is 232 Å². The molecule has 4 rings (SSSR count). The molecule has 0 bridgehead atoms. The number of ether oxygens (including phenoxy) is 3. The van der Waals surface area contributed by atoms with Gasteiger partial charge in [0.2, 0.25) is 0 Å². The van der Waals surface area contributed by atoms with Gasteiger partial charge in [0.05, 0.1) is 21.3 Å². The highest BCUT2D eigenvalue weighted by atomic mass is 16.5. The molecular weight excluding hydrogens is 480 g/mol. The van der Waals surface area contributed by atoms with Crippen LogP contribution in [0.5, 0.6) is 17.2 Å². The maximum absolute atomic E-state index is 5.31. The second-order valence-corrected chi connectivity index (χ2v) is 9.44. The maximum Gasteiger partial charge on any atom is 0.118 e. The molecule has 39 heavy (non-hydrogen) atoms. The Bertz CT molecular complexity index is 1280. The van der Waals surface area contributed by atoms with Gasteiger partial charge in [-0.05, 0) is 107 Å². The summed E-state index contributed by atoms with van der Waals surface area (Å²) in [6, 6.07) is 24.4. The summed E-state index contributed by atoms with van der Waals surface area (Å²) in [5.74, 6) is 2.56. The van der Waals surface area contributed by atoms with Gasteiger partial charge in [0, 0.05) is 0 Å². The van der Waals surface area contributed by atoms with Crippen LogP contribution in [0.2, 0.25) is 0 Å². The first-order valence-corrected chi connectivity index (χ1v) is 13.0. The van der Waals surface area contributed by atoms with Gasteiger partial charge in [-0.3, -0.25) is 0 Å². The first-order chi connectivity index (χ1) is 18.9. The van der Waals surface area contributed by atoms with E-state index in [4.69, 9.17) is 14.2 Å². The first-order valence-electron chi connectivity index (χ1n) is 13.0. The van der Waals surface area contributed by atoms with Gasteiger partial charge in [-0.2, -0.15) is 0 Å². The third kappa shape index (κ3) is 6.69. The lowest BCUT2D eigenvalue weighted by Gasteiger charge is -2.18. The highest BCUT2D eigenvalue weighted by Crippen LogP contribution is 2.32. The van der Waals surface area contributed by atoms with Crippen LogP contribution in [0.25, 0.3) is 36.5 Å². The molecule has 0 aliphatic carbocycles. The molecule has 0 atom stereocenters. The third-order valence-corrected chi connectivity index (χ3v) is 7.10. The zero-order valence-electron chi connectivity index (χ0n) is 23.6. The van der Waals surface area contributed by atoms with Crippen LogP contribution < -0.4 is 14.2 Å². The molecule has 0 aliphatic rings. The molecule has 4 aromatic rings. The second kappa shape index (κ2) is 12.8. The predicted octanol–water partition coefficient (Wildman–Crippen LogP) is 9.15. The molecule has 4 aromatic carbocycles. The smallest absolute Gasteiger partial charge is 0.118 e. The molecule has 0 unspecified atom stereocenters. The van der Waals surface area contributed by atoms with Crippen molar-refractivity contribution in [2.45, 2.75) is 20.8 Å². The van der Waals surface area contributed by atoms with Crippen LogP contribution in [0, 0.1) is 20.8 Å². The number of hydrogen-bond acceptors (Lipinski definition) is 3. The minimum atomic E-state index is 0.853. The molecule has 0 amide bonds. The fourth-order valence-corrected chi connectivity index (χ4v) is 4.71. The summed E-state index contributed by atoms with van der Waals surface area (Å²) in [6.07, 6.45) is 13.2. The van der Waals surface area contributed by atoms with Crippen LogP contribution in [-0.4, -0.2) is 21.3 Å². The van der Waals surface area contributed by atoms with Crippen molar-refractivity contribution in [3.63, 3.8) is 0 Å². The molecule has 3 nitrogen and oxygen atoms in total. The van der Waals surface area contributed by atoms with Crippen molar-refractivity contribution in [1.29, 1.82) is 0 Å². The molecule has 3 heteroatoms. The van der Waals surface area contributed by atoms with E-state index >= 15 is 0 Å². The Kier molecular flexibility index (Phi) is 9.06. The summed E-state index contributed by atoms with van der Waals surface area (Å²) >= 11 is 0. The number of hydrogen-bond donors (Lipinski definition) is 0. The van der Waals surface area contributed by atoms with Crippen molar-refractivity contribution in [2.75, 3.05) is 21.3 Å². The lowest BCUT2D eigenvalue weighted by Crippen LogP contribution is -2.00. The molecule has 0 saturated carbocycles. The minimum absolute atomic E-state index is 0.853. The van der Waals surface area contributed by atoms with Gasteiger partial charge >= 0.3 is 0 Å². The number of benzene rings is 4. The monoisotopic (exact) mass is 516 g/mol. The second-order valence-electron chi connectivity index (χ2n) is 9.44. The van der Waals surface area contributed by atoms with Gasteiger partial charge in [0.25, 0.3) is 0 Å². The average molecular weight is 517 g/mol. The van der Waals surface area contributed by atoms with Crippen molar-refractivity contribution in [2.24, 2.45) is 0 Å². The summed E-state index contributed by atoms with van der Waals surface area (Å²) in [5, 5.41) is 0. The average Bonchev–Trinajstić information content (AvgIpc) is 2.97. The predicted molar refractivity (Wildman–Crippen MR) is 166 cm³/mol. The van der Waals surface area contributed by atoms with Crippen LogP contribution in [0.4, 0.5) is 0 Å². The third-order valence-electron chi connectivity index (χ3n) is 7.10. The minimum Gasteiger partial charge on any atom is -0.497 e. The van der Waals surface area contributed by atoms with E-state index in [0.29, 0.717) is 0 Å². The van der Waals surface area contributed by atoms with Crippen LogP contribution in [0.3, 0.4) is 0 Å². The normalized spacial score (nSPS) is 11.5. The Morgan fingerprint density at radius 3 is 0.795 bits per heavy atom. The van der Waals surface area contributed by atoms with Crippen molar-refractivity contribution in [3.05, 3.63) is 123 Å². The van der Waals surface area contributed by atoms with Gasteiger partial charge in [-0.1, -0.05) is 72.9 Å². The Balaban J connectivity index is 1.78. The van der Waals surface area contributed by atoms with Crippen molar-refractivity contribution >= 4 is 36.5 Å². The van der Waals surface area contributed by atoms with E-state index in [0.717, 1.165) is 33.9 Å². The fourth-order valence-electron chi connectivity index (χ4n) is 4.71. The summed E-state index contributed by atoms with van der Waals surface area (Å²) in [5.41, 5.74) is 10.8. The lowest BCUT2D eigenvalue weighted by atomic mass is 9.87. The van der Waals surface area contributed by atoms with Crippen LogP contribution in [0.15, 0.2) is 72.8 Å². The van der Waals surface area contributed by atoms with E-state index in [9.17, 15) is 0 Å². The molecule has 0 spiro atoms. The van der Waals surface area contributed by atoms with Crippen LogP contribution in [-0.2, 0) is 0 Å². The lowest BCUT2D eigenvalue weighted by molar-refractivity contribution is 0.414. The maximum atomic E-state index is 5.31. The van der Waals surface area contributed by atoms with Gasteiger partial charge < -0.3 is 14.2 Å². The van der Waals surface area contributed by atoms with E-state index in [1.165, 1.54) is 33.4 Å². The Morgan fingerprint density at radius 2 is 0.590 bits per heavy atom. The van der Waals surface area contributed by atoms with Crippen molar-refractivity contribution < 1.29 is 14.2 Å². The van der Waals surface area contributed by atoms with E-state index in [1.54, 1.807) is 21.3 Å². The first kappa shape index (κ1) is 27.5. The molecule has 0 aromatic heterocycles. The zero-order chi connectivity index (χ0) is 27.8. The summed E-state index contributed by atoms with van der Waals surface area (Å²) in [4.78, 5) is 0. The van der Waals surface area contributed by atoms with E-state index in [-0.39, 0.29) is 0 Å². The molecule has 0 aliphatic heterocycles. The summed E-state index contributed by atoms with van der Waals surface area (Å²) in [7, 11) is 5.06. The van der Waals surface area contributed by atoms with Gasteiger partial charge in [-0.25, -0.2) is 0 Å². The van der Waals surface area contributed by atoms with Gasteiger partial charge in [-0.15, -0.1) is 0 Å².